The Hall–Kier alpha value is -5.11. The monoisotopic (exact) mass is 555 g/mol. The summed E-state index contributed by atoms with van der Waals surface area (Å²) in [5.74, 6) is 0.863. The molecule has 0 fully saturated rings. The van der Waals surface area contributed by atoms with E-state index in [4.69, 9.17) is 4.98 Å². The van der Waals surface area contributed by atoms with Gasteiger partial charge in [0, 0.05) is 5.56 Å². The maximum absolute atomic E-state index is 13.6. The molecule has 3 nitrogen and oxygen atoms in total. The van der Waals surface area contributed by atoms with Crippen molar-refractivity contribution in [2.45, 2.75) is 5.41 Å². The molecule has 2 heterocycles. The lowest BCUT2D eigenvalue weighted by Gasteiger charge is -2.34. The predicted molar refractivity (Wildman–Crippen MR) is 172 cm³/mol. The number of aromatic nitrogens is 2. The minimum Gasteiger partial charge on any atom is -0.284 e. The third-order valence-corrected chi connectivity index (χ3v) is 10.5. The van der Waals surface area contributed by atoms with Crippen LogP contribution in [0.5, 0.6) is 0 Å². The molecule has 1 aliphatic rings. The summed E-state index contributed by atoms with van der Waals surface area (Å²) in [4.78, 5) is 5.19. The zero-order chi connectivity index (χ0) is 27.8. The molecule has 0 saturated carbocycles. The number of fused-ring (bicyclic) bond motifs is 5. The summed E-state index contributed by atoms with van der Waals surface area (Å²) in [6, 6.07) is 51.3. The van der Waals surface area contributed by atoms with Crippen molar-refractivity contribution >= 4 is 34.2 Å². The van der Waals surface area contributed by atoms with Crippen LogP contribution in [0.4, 0.5) is 0 Å². The molecule has 1 aliphatic carbocycles. The molecule has 4 heteroatoms. The average molecular weight is 556 g/mol. The molecule has 0 radical (unpaired) electrons. The molecule has 196 valence electrons. The van der Waals surface area contributed by atoms with Crippen molar-refractivity contribution in [3.05, 3.63) is 168 Å². The van der Waals surface area contributed by atoms with Gasteiger partial charge in [0.15, 0.2) is 0 Å². The lowest BCUT2D eigenvalue weighted by Crippen LogP contribution is -2.28. The van der Waals surface area contributed by atoms with Gasteiger partial charge in [-0.15, -0.1) is 0 Å². The van der Waals surface area contributed by atoms with Gasteiger partial charge in [0.1, 0.15) is 16.9 Å². The van der Waals surface area contributed by atoms with Crippen molar-refractivity contribution in [1.82, 2.24) is 9.38 Å². The van der Waals surface area contributed by atoms with E-state index in [2.05, 4.69) is 114 Å². The first-order valence-corrected chi connectivity index (χ1v) is 15.5. The van der Waals surface area contributed by atoms with Gasteiger partial charge in [-0.1, -0.05) is 120 Å². The molecule has 0 spiro atoms. The van der Waals surface area contributed by atoms with Crippen LogP contribution < -0.4 is 0 Å². The molecule has 0 saturated heterocycles. The quantitative estimate of drug-likeness (QED) is 0.203. The van der Waals surface area contributed by atoms with Gasteiger partial charge in [-0.2, -0.15) is 0 Å². The second kappa shape index (κ2) is 8.69. The summed E-state index contributed by atoms with van der Waals surface area (Å²) in [6.45, 7) is 0. The van der Waals surface area contributed by atoms with Crippen LogP contribution in [0.3, 0.4) is 0 Å². The van der Waals surface area contributed by atoms with E-state index >= 15 is 0 Å². The van der Waals surface area contributed by atoms with Gasteiger partial charge in [0.25, 0.3) is 0 Å². The fraction of sp³-hybridized carbons (Fsp3) is 0.0263. The number of nitrogens with zero attached hydrogens (tertiary/aromatic N) is 2. The van der Waals surface area contributed by atoms with E-state index in [9.17, 15) is 4.57 Å². The number of rotatable bonds is 3. The van der Waals surface area contributed by atoms with Crippen LogP contribution in [0.25, 0.3) is 49.3 Å². The second-order valence-corrected chi connectivity index (χ2v) is 12.5. The van der Waals surface area contributed by atoms with E-state index in [0.29, 0.717) is 0 Å². The van der Waals surface area contributed by atoms with Crippen LogP contribution in [-0.2, 0) is 9.98 Å². The van der Waals surface area contributed by atoms with E-state index < -0.39 is 12.8 Å². The Labute approximate surface area is 243 Å². The van der Waals surface area contributed by atoms with Gasteiger partial charge in [-0.25, -0.2) is 4.98 Å². The highest BCUT2D eigenvalue weighted by molar-refractivity contribution is 7.49. The number of imidazole rings is 1. The lowest BCUT2D eigenvalue weighted by atomic mass is 9.67. The van der Waals surface area contributed by atoms with Crippen molar-refractivity contribution in [2.75, 3.05) is 0 Å². The van der Waals surface area contributed by atoms with Gasteiger partial charge in [-0.3, -0.25) is 4.40 Å². The van der Waals surface area contributed by atoms with Crippen molar-refractivity contribution < 1.29 is 4.57 Å². The Morgan fingerprint density at radius 2 is 1.21 bits per heavy atom. The van der Waals surface area contributed by atoms with Crippen LogP contribution in [0.1, 0.15) is 22.3 Å². The Morgan fingerprint density at radius 1 is 0.571 bits per heavy atom. The highest BCUT2D eigenvalue weighted by Crippen LogP contribution is 2.56. The van der Waals surface area contributed by atoms with Crippen LogP contribution in [0.15, 0.2) is 146 Å². The summed E-state index contributed by atoms with van der Waals surface area (Å²) in [7, 11) is -1.69. The molecule has 9 rings (SSSR count). The van der Waals surface area contributed by atoms with Crippen molar-refractivity contribution in [1.29, 1.82) is 0 Å². The minimum absolute atomic E-state index is 0.481. The third-order valence-electron chi connectivity index (χ3n) is 8.93. The summed E-state index contributed by atoms with van der Waals surface area (Å²) in [5, 5.41) is 1.69. The summed E-state index contributed by atoms with van der Waals surface area (Å²) >= 11 is 0. The molecular weight excluding hydrogens is 531 g/mol. The Balaban J connectivity index is 1.42. The number of hydrogen-bond donors (Lipinski definition) is 0. The lowest BCUT2D eigenvalue weighted by molar-refractivity contribution is 0.602. The Morgan fingerprint density at radius 3 is 2.00 bits per heavy atom. The zero-order valence-electron chi connectivity index (χ0n) is 22.6. The van der Waals surface area contributed by atoms with E-state index in [1.807, 2.05) is 36.4 Å². The maximum Gasteiger partial charge on any atom is 0.419 e. The van der Waals surface area contributed by atoms with Gasteiger partial charge in [0.2, 0.25) is 10.2 Å². The zero-order valence-corrected chi connectivity index (χ0v) is 23.5. The molecule has 42 heavy (non-hydrogen) atoms. The van der Waals surface area contributed by atoms with Crippen LogP contribution in [0.2, 0.25) is 0 Å². The van der Waals surface area contributed by atoms with Crippen molar-refractivity contribution in [2.24, 2.45) is 0 Å². The third kappa shape index (κ3) is 2.98. The SMILES string of the molecule is O=[p+]1c2ccccc2n2c(-c3ccc4c(c3)C(c3ccccc3)(c3ccccc3)c3ccccc3-4)nc3cccc1c32. The van der Waals surface area contributed by atoms with E-state index in [1.165, 1.54) is 33.4 Å². The summed E-state index contributed by atoms with van der Waals surface area (Å²) < 4.78 is 15.8. The van der Waals surface area contributed by atoms with Crippen LogP contribution in [0, 0.1) is 0 Å². The summed E-state index contributed by atoms with van der Waals surface area (Å²) in [5.41, 5.74) is 10.8. The normalized spacial score (nSPS) is 14.0. The van der Waals surface area contributed by atoms with E-state index in [-0.39, 0.29) is 0 Å². The first-order valence-electron chi connectivity index (χ1n) is 14.2. The van der Waals surface area contributed by atoms with Crippen molar-refractivity contribution in [3.63, 3.8) is 0 Å². The Bertz CT molecular complexity index is 2340. The summed E-state index contributed by atoms with van der Waals surface area (Å²) in [6.07, 6.45) is 0. The van der Waals surface area contributed by atoms with Crippen LogP contribution in [-0.4, -0.2) is 9.38 Å². The largest absolute Gasteiger partial charge is 0.419 e. The van der Waals surface area contributed by atoms with Gasteiger partial charge >= 0.3 is 7.41 Å². The maximum atomic E-state index is 13.6. The predicted octanol–water partition coefficient (Wildman–Crippen LogP) is 9.85. The highest BCUT2D eigenvalue weighted by atomic mass is 31.1. The minimum atomic E-state index is -1.69. The van der Waals surface area contributed by atoms with Crippen LogP contribution >= 0.6 is 7.41 Å². The molecule has 2 aromatic heterocycles. The number of para-hydroxylation sites is 2. The standard InChI is InChI=1S/C38H24N2OP/c41-42-34-20-10-9-19-33(34)40-36-32(18-11-21-35(36)42)39-37(40)25-22-23-29-28-16-7-8-17-30(28)38(31(29)24-25,26-12-3-1-4-13-26)27-14-5-2-6-15-27/h1-24H/q+1. The molecule has 0 bridgehead atoms. The number of hydrogen-bond acceptors (Lipinski definition) is 2. The highest BCUT2D eigenvalue weighted by Gasteiger charge is 2.46. The molecule has 8 aromatic rings. The van der Waals surface area contributed by atoms with Gasteiger partial charge in [0.05, 0.1) is 10.9 Å². The first-order chi connectivity index (χ1) is 20.8. The first kappa shape index (κ1) is 23.6. The molecule has 0 aliphatic heterocycles. The Kier molecular flexibility index (Phi) is 4.88. The fourth-order valence-corrected chi connectivity index (χ4v) is 8.73. The molecular formula is C38H24N2OP+. The average Bonchev–Trinajstić information content (AvgIpc) is 3.59. The van der Waals surface area contributed by atoms with E-state index in [1.54, 1.807) is 0 Å². The molecule has 0 amide bonds. The fourth-order valence-electron chi connectivity index (χ4n) is 7.24. The molecule has 0 N–H and O–H groups in total. The molecule has 1 atom stereocenters. The van der Waals surface area contributed by atoms with Gasteiger partial charge in [-0.05, 0) is 63.7 Å². The molecule has 1 unspecified atom stereocenters. The topological polar surface area (TPSA) is 34.4 Å². The molecule has 6 aromatic carbocycles. The second-order valence-electron chi connectivity index (χ2n) is 11.0. The van der Waals surface area contributed by atoms with E-state index in [0.717, 1.165) is 38.2 Å². The van der Waals surface area contributed by atoms with Gasteiger partial charge < -0.3 is 0 Å². The smallest absolute Gasteiger partial charge is 0.284 e. The number of benzene rings is 6. The van der Waals surface area contributed by atoms with Crippen molar-refractivity contribution in [3.8, 4) is 22.5 Å².